The molecule has 0 bridgehead atoms. The molecule has 18 rings (SSSR count). The van der Waals surface area contributed by atoms with Crippen LogP contribution in [-0.4, -0.2) is 0 Å². The second-order valence-corrected chi connectivity index (χ2v) is 32.1. The van der Waals surface area contributed by atoms with E-state index in [1.54, 1.807) is 84.9 Å². The van der Waals surface area contributed by atoms with Crippen molar-refractivity contribution in [2.45, 2.75) is 86.9 Å². The van der Waals surface area contributed by atoms with Crippen molar-refractivity contribution in [1.29, 1.82) is 0 Å². The van der Waals surface area contributed by atoms with Gasteiger partial charge in [-0.3, -0.25) is 0 Å². The number of anilines is 3. The van der Waals surface area contributed by atoms with Crippen molar-refractivity contribution in [3.63, 3.8) is 0 Å². The molecule has 14 aromatic rings. The van der Waals surface area contributed by atoms with Gasteiger partial charge in [-0.1, -0.05) is 223 Å². The summed E-state index contributed by atoms with van der Waals surface area (Å²) in [5.41, 5.74) is 6.67. The summed E-state index contributed by atoms with van der Waals surface area (Å²) in [7, 11) is 0. The number of halogens is 11. The highest BCUT2D eigenvalue weighted by Gasteiger charge is 2.57. The predicted octanol–water partition coefficient (Wildman–Crippen LogP) is 27.6. The molecule has 0 saturated heterocycles. The molecular formula is C102H72F11NO2. The van der Waals surface area contributed by atoms with E-state index in [1.165, 1.54) is 29.2 Å². The molecule has 14 aromatic carbocycles. The fraction of sp³-hybridized carbons (Fsp3) is 0.137. The minimum absolute atomic E-state index is 0.133. The first-order chi connectivity index (χ1) is 55.8. The first-order valence-corrected chi connectivity index (χ1v) is 38.2. The highest BCUT2D eigenvalue weighted by Crippen LogP contribution is 2.65. The van der Waals surface area contributed by atoms with Crippen LogP contribution in [0.1, 0.15) is 147 Å². The summed E-state index contributed by atoms with van der Waals surface area (Å²) in [5, 5.41) is 0. The van der Waals surface area contributed by atoms with Gasteiger partial charge in [-0.25, -0.2) is 48.3 Å². The zero-order valence-electron chi connectivity index (χ0n) is 63.6. The number of nitrogens with zero attached hydrogens (tertiary/aromatic N) is 1. The van der Waals surface area contributed by atoms with Crippen LogP contribution in [0.15, 0.2) is 280 Å². The molecule has 0 aliphatic heterocycles. The summed E-state index contributed by atoms with van der Waals surface area (Å²) < 4.78 is 194. The maximum atomic E-state index is 17.8. The Hall–Kier alpha value is -12.8. The Morgan fingerprint density at radius 3 is 1.21 bits per heavy atom. The number of hydrogen-bond donors (Lipinski definition) is 0. The Morgan fingerprint density at radius 2 is 0.733 bits per heavy atom. The topological polar surface area (TPSA) is 21.7 Å². The zero-order valence-corrected chi connectivity index (χ0v) is 63.6. The summed E-state index contributed by atoms with van der Waals surface area (Å²) >= 11 is 0. The highest BCUT2D eigenvalue weighted by molar-refractivity contribution is 5.91. The van der Waals surface area contributed by atoms with Crippen LogP contribution in [0.3, 0.4) is 0 Å². The molecule has 0 saturated carbocycles. The van der Waals surface area contributed by atoms with Gasteiger partial charge in [0.2, 0.25) is 5.82 Å². The van der Waals surface area contributed by atoms with E-state index < -0.39 is 114 Å². The normalized spacial score (nSPS) is 17.7. The molecule has 0 radical (unpaired) electrons. The quantitative estimate of drug-likeness (QED) is 0.0515. The first-order valence-electron chi connectivity index (χ1n) is 38.2. The van der Waals surface area contributed by atoms with Crippen molar-refractivity contribution in [3.8, 4) is 45.3 Å². The summed E-state index contributed by atoms with van der Waals surface area (Å²) in [6, 6.07) is 78.8. The van der Waals surface area contributed by atoms with E-state index in [2.05, 4.69) is 40.9 Å². The third-order valence-corrected chi connectivity index (χ3v) is 24.6. The van der Waals surface area contributed by atoms with E-state index >= 15 is 48.3 Å². The molecule has 0 amide bonds. The number of ether oxygens (including phenoxy) is 2. The Bertz CT molecular complexity index is 6310. The summed E-state index contributed by atoms with van der Waals surface area (Å²) in [6.07, 6.45) is 3.98. The van der Waals surface area contributed by atoms with Gasteiger partial charge in [0.15, 0.2) is 46.5 Å². The number of benzene rings is 14. The molecule has 1 spiro atoms. The van der Waals surface area contributed by atoms with Crippen LogP contribution < -0.4 is 14.4 Å². The van der Waals surface area contributed by atoms with E-state index in [0.29, 0.717) is 80.3 Å². The third-order valence-electron chi connectivity index (χ3n) is 24.6. The van der Waals surface area contributed by atoms with Crippen molar-refractivity contribution in [2.24, 2.45) is 0 Å². The van der Waals surface area contributed by atoms with E-state index in [-0.39, 0.29) is 23.4 Å². The molecule has 0 N–H and O–H groups in total. The van der Waals surface area contributed by atoms with Crippen molar-refractivity contribution < 1.29 is 57.8 Å². The monoisotopic (exact) mass is 1550 g/mol. The Balaban J connectivity index is 0.798. The van der Waals surface area contributed by atoms with Crippen LogP contribution in [0, 0.1) is 70.9 Å². The molecular weight excluding hydrogens is 1480 g/mol. The maximum Gasteiger partial charge on any atom is 0.200 e. The van der Waals surface area contributed by atoms with Gasteiger partial charge >= 0.3 is 0 Å². The van der Waals surface area contributed by atoms with Gasteiger partial charge in [-0.15, -0.1) is 0 Å². The van der Waals surface area contributed by atoms with E-state index in [4.69, 9.17) is 9.47 Å². The van der Waals surface area contributed by atoms with Gasteiger partial charge in [0.25, 0.3) is 0 Å². The van der Waals surface area contributed by atoms with Crippen LogP contribution in [0.4, 0.5) is 65.4 Å². The maximum absolute atomic E-state index is 17.8. The lowest BCUT2D eigenvalue weighted by molar-refractivity contribution is 0.349. The van der Waals surface area contributed by atoms with Crippen molar-refractivity contribution in [2.75, 3.05) is 4.90 Å². The lowest BCUT2D eigenvalue weighted by atomic mass is 9.67. The van der Waals surface area contributed by atoms with E-state index in [0.717, 1.165) is 68.1 Å². The molecule has 4 unspecified atom stereocenters. The van der Waals surface area contributed by atoms with Gasteiger partial charge in [-0.05, 0) is 245 Å². The summed E-state index contributed by atoms with van der Waals surface area (Å²) in [6.45, 7) is 17.1. The van der Waals surface area contributed by atoms with Crippen LogP contribution in [0.25, 0.3) is 34.4 Å². The Morgan fingerprint density at radius 1 is 0.353 bits per heavy atom. The van der Waals surface area contributed by atoms with E-state index in [9.17, 15) is 0 Å². The van der Waals surface area contributed by atoms with Crippen molar-refractivity contribution in [1.82, 2.24) is 0 Å². The standard InChI is InChI=1S/C102H72F11NO2/c1-8-58-18-38-70(39-19-58)115-72-42-28-64(29-43-72)101(62-24-32-66(103)33-25-62)79-16-12-10-14-74(79)76-46-23-61(52-83(76)101)78(87-90(107)93(110)95(112)94(111)91(87)108)50-60-22-48-81-85(51-60)100(55-98(81,4)5)56-99(6,7)82-49-37-69(54-86(82)100)114(97-89(106)57(3)88(105)92(109)96(97)113)68-36-47-77-75-15-11-13-17-80(75)102(84(77)53-68,63-26-34-67(104)35-27-63)65-30-44-73(45-31-65)116-71-40-20-59(9-2)21-41-71/h8-49,51-54,78H,1-2,50,55-56H2,3-7H3. The lowest BCUT2D eigenvalue weighted by Gasteiger charge is -2.35. The second kappa shape index (κ2) is 27.7. The summed E-state index contributed by atoms with van der Waals surface area (Å²) in [5.74, 6) is -17.9. The lowest BCUT2D eigenvalue weighted by Crippen LogP contribution is -2.29. The molecule has 14 heteroatoms. The molecule has 3 nitrogen and oxygen atoms in total. The van der Waals surface area contributed by atoms with Crippen LogP contribution in [-0.2, 0) is 33.5 Å². The molecule has 4 atom stereocenters. The average Bonchev–Trinajstić information content (AvgIpc) is 1.54. The van der Waals surface area contributed by atoms with Gasteiger partial charge in [-0.2, -0.15) is 0 Å². The fourth-order valence-corrected chi connectivity index (χ4v) is 19.6. The third kappa shape index (κ3) is 11.5. The fourth-order valence-electron chi connectivity index (χ4n) is 19.6. The van der Waals surface area contributed by atoms with Crippen LogP contribution in [0.2, 0.25) is 0 Å². The SMILES string of the molecule is C=Cc1ccc(Oc2ccc(C3(c4ccc(F)cc4)c4ccccc4-c4ccc(C(Cc5ccc6c(c5)C5(CC6(C)C)CC(C)(C)c6ccc(N(c7ccc8c(c7)C(c7ccc(F)cc7)(c7ccc(Oc9ccc(C=C)cc9)cc7)c7ccccc7-8)c7c(F)c(C)c(F)c(F)c7F)cc65)c5c(F)c(F)c(F)c(F)c5F)cc43)cc2)cc1. The minimum Gasteiger partial charge on any atom is -0.457 e. The van der Waals surface area contributed by atoms with E-state index in [1.807, 2.05) is 170 Å². The molecule has 4 aliphatic carbocycles. The second-order valence-electron chi connectivity index (χ2n) is 32.1. The Labute approximate surface area is 664 Å². The van der Waals surface area contributed by atoms with Gasteiger partial charge in [0, 0.05) is 33.8 Å². The van der Waals surface area contributed by atoms with Gasteiger partial charge < -0.3 is 14.4 Å². The van der Waals surface area contributed by atoms with Gasteiger partial charge in [0.1, 0.15) is 40.3 Å². The van der Waals surface area contributed by atoms with Crippen LogP contribution >= 0.6 is 0 Å². The summed E-state index contributed by atoms with van der Waals surface area (Å²) in [4.78, 5) is 1.27. The van der Waals surface area contributed by atoms with Gasteiger partial charge in [0.05, 0.1) is 10.8 Å². The highest BCUT2D eigenvalue weighted by atomic mass is 19.2. The number of hydrogen-bond acceptors (Lipinski definition) is 3. The smallest absolute Gasteiger partial charge is 0.200 e. The first kappa shape index (κ1) is 74.6. The molecule has 0 heterocycles. The molecule has 116 heavy (non-hydrogen) atoms. The molecule has 574 valence electrons. The zero-order chi connectivity index (χ0) is 80.8. The largest absolute Gasteiger partial charge is 0.457 e. The molecule has 0 aromatic heterocycles. The van der Waals surface area contributed by atoms with Crippen LogP contribution in [0.5, 0.6) is 23.0 Å². The number of fused-ring (bicyclic) bond motifs is 10. The minimum atomic E-state index is -2.32. The van der Waals surface area contributed by atoms with Crippen molar-refractivity contribution in [3.05, 3.63) is 444 Å². The predicted molar refractivity (Wildman–Crippen MR) is 434 cm³/mol. The van der Waals surface area contributed by atoms with Crippen molar-refractivity contribution >= 4 is 29.2 Å². The Kier molecular flexibility index (Phi) is 17.8. The molecule has 4 aliphatic rings. The molecule has 0 fully saturated rings. The number of rotatable bonds is 17. The average molecular weight is 1550 g/mol.